The van der Waals surface area contributed by atoms with Crippen molar-refractivity contribution in [2.75, 3.05) is 0 Å². The minimum atomic E-state index is 0.0296. The van der Waals surface area contributed by atoms with Crippen LogP contribution in [-0.2, 0) is 0 Å². The molecule has 0 atom stereocenters. The van der Waals surface area contributed by atoms with E-state index in [1.54, 1.807) is 47.1 Å². The van der Waals surface area contributed by atoms with Crippen molar-refractivity contribution in [1.82, 2.24) is 19.4 Å². The van der Waals surface area contributed by atoms with E-state index in [-0.39, 0.29) is 11.5 Å². The van der Waals surface area contributed by atoms with Crippen LogP contribution in [0.3, 0.4) is 0 Å². The Bertz CT molecular complexity index is 931. The second kappa shape index (κ2) is 5.10. The third kappa shape index (κ3) is 2.08. The fourth-order valence-electron chi connectivity index (χ4n) is 2.55. The van der Waals surface area contributed by atoms with Crippen molar-refractivity contribution in [2.45, 2.75) is 0 Å². The molecule has 4 aromatic rings. The maximum Gasteiger partial charge on any atom is 0.165 e. The van der Waals surface area contributed by atoms with Gasteiger partial charge in [0, 0.05) is 24.2 Å². The molecule has 0 spiro atoms. The van der Waals surface area contributed by atoms with E-state index in [0.29, 0.717) is 28.3 Å². The monoisotopic (exact) mass is 304 g/mol. The molecule has 0 amide bonds. The van der Waals surface area contributed by atoms with Crippen molar-refractivity contribution in [2.24, 2.45) is 0 Å². The van der Waals surface area contributed by atoms with Gasteiger partial charge >= 0.3 is 0 Å². The van der Waals surface area contributed by atoms with Crippen molar-refractivity contribution >= 4 is 5.65 Å². The van der Waals surface area contributed by atoms with Gasteiger partial charge in [-0.05, 0) is 24.3 Å². The predicted octanol–water partition coefficient (Wildman–Crippen LogP) is 2.87. The van der Waals surface area contributed by atoms with Crippen molar-refractivity contribution < 1.29 is 10.2 Å². The predicted molar refractivity (Wildman–Crippen MR) is 85.0 cm³/mol. The minimum Gasteiger partial charge on any atom is -0.507 e. The fraction of sp³-hybridized carbons (Fsp3) is 0. The molecule has 0 aliphatic carbocycles. The quantitative estimate of drug-likeness (QED) is 0.595. The Labute approximate surface area is 131 Å². The molecule has 112 valence electrons. The van der Waals surface area contributed by atoms with Gasteiger partial charge < -0.3 is 10.2 Å². The summed E-state index contributed by atoms with van der Waals surface area (Å²) in [6, 6.07) is 10.4. The number of hydrogen-bond donors (Lipinski definition) is 2. The molecule has 0 saturated heterocycles. The number of aromatic hydroxyl groups is 2. The van der Waals surface area contributed by atoms with Crippen LogP contribution in [0.5, 0.6) is 11.5 Å². The molecule has 2 N–H and O–H groups in total. The number of aromatic nitrogens is 4. The Kier molecular flexibility index (Phi) is 2.94. The third-order valence-electron chi connectivity index (χ3n) is 3.60. The molecular weight excluding hydrogens is 292 g/mol. The second-order valence-corrected chi connectivity index (χ2v) is 5.01. The first-order valence-electron chi connectivity index (χ1n) is 7.00. The van der Waals surface area contributed by atoms with Gasteiger partial charge in [-0.15, -0.1) is 0 Å². The van der Waals surface area contributed by atoms with Gasteiger partial charge in [-0.1, -0.05) is 12.1 Å². The molecule has 23 heavy (non-hydrogen) atoms. The molecule has 3 aromatic heterocycles. The van der Waals surface area contributed by atoms with Crippen LogP contribution in [0.4, 0.5) is 0 Å². The second-order valence-electron chi connectivity index (χ2n) is 5.01. The summed E-state index contributed by atoms with van der Waals surface area (Å²) in [7, 11) is 0. The molecule has 6 heteroatoms. The summed E-state index contributed by atoms with van der Waals surface area (Å²) in [6.07, 6.45) is 6.43. The molecule has 0 bridgehead atoms. The molecule has 0 unspecified atom stereocenters. The van der Waals surface area contributed by atoms with Crippen LogP contribution in [0.1, 0.15) is 0 Å². The first kappa shape index (κ1) is 13.3. The molecule has 1 aromatic carbocycles. The fourth-order valence-corrected chi connectivity index (χ4v) is 2.55. The van der Waals surface area contributed by atoms with Gasteiger partial charge in [0.25, 0.3) is 0 Å². The average molecular weight is 304 g/mol. The standard InChI is InChI=1S/C17H12N4O2/c22-13-5-2-1-4-12(13)16-20-15(11-6-8-18-10-14(11)23)17-19-7-3-9-21(16)17/h1-10,22-23H. The summed E-state index contributed by atoms with van der Waals surface area (Å²) in [5, 5.41) is 20.2. The minimum absolute atomic E-state index is 0.0296. The third-order valence-corrected chi connectivity index (χ3v) is 3.60. The van der Waals surface area contributed by atoms with E-state index in [0.717, 1.165) is 0 Å². The number of imidazole rings is 1. The summed E-state index contributed by atoms with van der Waals surface area (Å²) in [5.41, 5.74) is 2.25. The average Bonchev–Trinajstić information content (AvgIpc) is 2.95. The highest BCUT2D eigenvalue weighted by atomic mass is 16.3. The van der Waals surface area contributed by atoms with E-state index in [4.69, 9.17) is 0 Å². The number of phenolic OH excluding ortho intramolecular Hbond substituents is 1. The maximum atomic E-state index is 10.1. The topological polar surface area (TPSA) is 83.5 Å². The number of phenols is 1. The lowest BCUT2D eigenvalue weighted by Gasteiger charge is -2.02. The zero-order chi connectivity index (χ0) is 15.8. The van der Waals surface area contributed by atoms with Crippen LogP contribution < -0.4 is 0 Å². The molecule has 3 heterocycles. The molecule has 0 radical (unpaired) electrons. The molecular formula is C17H12N4O2. The number of rotatable bonds is 2. The highest BCUT2D eigenvalue weighted by Gasteiger charge is 2.18. The summed E-state index contributed by atoms with van der Waals surface area (Å²) in [6.45, 7) is 0. The highest BCUT2D eigenvalue weighted by molar-refractivity contribution is 5.82. The Morgan fingerprint density at radius 1 is 0.870 bits per heavy atom. The molecule has 0 aliphatic heterocycles. The molecule has 0 fully saturated rings. The SMILES string of the molecule is Oc1cnccc1-c1nc(-c2ccccc2O)n2cccnc12. The first-order chi connectivity index (χ1) is 11.3. The number of para-hydroxylation sites is 1. The van der Waals surface area contributed by atoms with Crippen LogP contribution in [0.25, 0.3) is 28.3 Å². The number of fused-ring (bicyclic) bond motifs is 1. The summed E-state index contributed by atoms with van der Waals surface area (Å²) < 4.78 is 1.78. The highest BCUT2D eigenvalue weighted by Crippen LogP contribution is 2.35. The van der Waals surface area contributed by atoms with Gasteiger partial charge in [0.05, 0.1) is 11.8 Å². The largest absolute Gasteiger partial charge is 0.507 e. The molecule has 0 aliphatic rings. The van der Waals surface area contributed by atoms with Crippen molar-refractivity contribution in [3.63, 3.8) is 0 Å². The van der Waals surface area contributed by atoms with Crippen molar-refractivity contribution in [3.8, 4) is 34.1 Å². The Morgan fingerprint density at radius 3 is 2.57 bits per heavy atom. The van der Waals surface area contributed by atoms with Crippen LogP contribution in [-0.4, -0.2) is 29.6 Å². The number of hydrogen-bond acceptors (Lipinski definition) is 5. The van der Waals surface area contributed by atoms with Crippen molar-refractivity contribution in [1.29, 1.82) is 0 Å². The van der Waals surface area contributed by atoms with E-state index in [2.05, 4.69) is 15.0 Å². The van der Waals surface area contributed by atoms with Gasteiger partial charge in [0.2, 0.25) is 0 Å². The van der Waals surface area contributed by atoms with Gasteiger partial charge in [0.15, 0.2) is 5.65 Å². The Morgan fingerprint density at radius 2 is 1.74 bits per heavy atom. The van der Waals surface area contributed by atoms with E-state index >= 15 is 0 Å². The summed E-state index contributed by atoms with van der Waals surface area (Å²) in [5.74, 6) is 0.716. The molecule has 6 nitrogen and oxygen atoms in total. The lowest BCUT2D eigenvalue weighted by atomic mass is 10.2. The van der Waals surface area contributed by atoms with Gasteiger partial charge in [-0.2, -0.15) is 0 Å². The van der Waals surface area contributed by atoms with E-state index in [9.17, 15) is 10.2 Å². The van der Waals surface area contributed by atoms with E-state index in [1.165, 1.54) is 6.20 Å². The normalized spacial score (nSPS) is 11.0. The van der Waals surface area contributed by atoms with Gasteiger partial charge in [0.1, 0.15) is 23.0 Å². The first-order valence-corrected chi connectivity index (χ1v) is 7.00. The van der Waals surface area contributed by atoms with Crippen LogP contribution >= 0.6 is 0 Å². The smallest absolute Gasteiger partial charge is 0.165 e. The van der Waals surface area contributed by atoms with Crippen LogP contribution in [0.2, 0.25) is 0 Å². The number of nitrogens with zero attached hydrogens (tertiary/aromatic N) is 4. The number of benzene rings is 1. The van der Waals surface area contributed by atoms with Crippen molar-refractivity contribution in [3.05, 3.63) is 61.2 Å². The summed E-state index contributed by atoms with van der Waals surface area (Å²) in [4.78, 5) is 12.9. The lowest BCUT2D eigenvalue weighted by Crippen LogP contribution is -1.90. The Balaban J connectivity index is 2.06. The van der Waals surface area contributed by atoms with Gasteiger partial charge in [-0.25, -0.2) is 9.97 Å². The Hall–Kier alpha value is -3.41. The molecule has 4 rings (SSSR count). The maximum absolute atomic E-state index is 10.1. The summed E-state index contributed by atoms with van der Waals surface area (Å²) >= 11 is 0. The van der Waals surface area contributed by atoms with E-state index in [1.807, 2.05) is 12.3 Å². The zero-order valence-electron chi connectivity index (χ0n) is 12.0. The number of pyridine rings is 1. The van der Waals surface area contributed by atoms with Crippen LogP contribution in [0, 0.1) is 0 Å². The van der Waals surface area contributed by atoms with E-state index < -0.39 is 0 Å². The zero-order valence-corrected chi connectivity index (χ0v) is 12.0. The lowest BCUT2D eigenvalue weighted by molar-refractivity contribution is 0.474. The van der Waals surface area contributed by atoms with Gasteiger partial charge in [-0.3, -0.25) is 9.38 Å². The molecule has 0 saturated carbocycles. The van der Waals surface area contributed by atoms with Crippen LogP contribution in [0.15, 0.2) is 61.2 Å².